The molecule has 5 heteroatoms. The molecule has 2 aliphatic rings. The number of aliphatic imine (C=N–C) groups is 1. The zero-order valence-electron chi connectivity index (χ0n) is 13.8. The topological polar surface area (TPSA) is 54.6 Å². The lowest BCUT2D eigenvalue weighted by molar-refractivity contribution is 0.0744. The van der Waals surface area contributed by atoms with Gasteiger partial charge in [-0.25, -0.2) is 4.99 Å². The number of aliphatic hydroxyl groups is 1. The summed E-state index contributed by atoms with van der Waals surface area (Å²) in [5, 5.41) is 11.2. The third-order valence-corrected chi connectivity index (χ3v) is 5.77. The average Bonchev–Trinajstić information content (AvgIpc) is 3.14. The van der Waals surface area contributed by atoms with Gasteiger partial charge in [-0.15, -0.1) is 18.2 Å². The Bertz CT molecular complexity index is 1140. The van der Waals surface area contributed by atoms with Crippen LogP contribution in [0.4, 0.5) is 5.69 Å². The summed E-state index contributed by atoms with van der Waals surface area (Å²) >= 11 is 6.54. The van der Waals surface area contributed by atoms with Crippen molar-refractivity contribution in [2.75, 3.05) is 0 Å². The Morgan fingerprint density at radius 3 is 2.77 bits per heavy atom. The minimum absolute atomic E-state index is 0.279. The van der Waals surface area contributed by atoms with Crippen LogP contribution in [0.2, 0.25) is 0 Å². The number of para-hydroxylation sites is 2. The highest BCUT2D eigenvalue weighted by molar-refractivity contribution is 6.43. The van der Waals surface area contributed by atoms with Crippen molar-refractivity contribution >= 4 is 39.7 Å². The van der Waals surface area contributed by atoms with E-state index in [9.17, 15) is 9.90 Å². The fraction of sp³-hybridized carbons (Fsp3) is 0.143. The molecule has 0 fully saturated rings. The van der Waals surface area contributed by atoms with E-state index >= 15 is 0 Å². The molecular weight excluding hydrogens is 348 g/mol. The number of alkyl halides is 1. The minimum atomic E-state index is -1.63. The number of fused-ring (bicyclic) bond motifs is 7. The Morgan fingerprint density at radius 2 is 1.96 bits per heavy atom. The molecule has 2 unspecified atom stereocenters. The first kappa shape index (κ1) is 15.6. The van der Waals surface area contributed by atoms with Gasteiger partial charge in [-0.3, -0.25) is 4.79 Å². The van der Waals surface area contributed by atoms with E-state index in [1.807, 2.05) is 47.0 Å². The monoisotopic (exact) mass is 362 g/mol. The number of benzene rings is 2. The van der Waals surface area contributed by atoms with Crippen LogP contribution in [-0.4, -0.2) is 26.5 Å². The predicted octanol–water partition coefficient (Wildman–Crippen LogP) is 3.95. The standard InChI is InChI=1S/C21H15ClN2O2/c1-2-11-24-15-10-6-3-7-12(15)16-17(24)20-21(26,19(22)18(16)25)13-8-4-5-9-14(13)23-20/h2-10,19,26H,1,11H2. The van der Waals surface area contributed by atoms with Crippen molar-refractivity contribution in [3.8, 4) is 0 Å². The molecule has 26 heavy (non-hydrogen) atoms. The first-order chi connectivity index (χ1) is 12.6. The van der Waals surface area contributed by atoms with Crippen LogP contribution in [0.25, 0.3) is 10.9 Å². The highest BCUT2D eigenvalue weighted by Crippen LogP contribution is 2.50. The molecule has 3 aromatic rings. The lowest BCUT2D eigenvalue weighted by Crippen LogP contribution is -2.51. The molecule has 5 rings (SSSR count). The highest BCUT2D eigenvalue weighted by Gasteiger charge is 2.56. The summed E-state index contributed by atoms with van der Waals surface area (Å²) in [5.74, 6) is -0.279. The number of rotatable bonds is 2. The Hall–Kier alpha value is -2.69. The first-order valence-corrected chi connectivity index (χ1v) is 8.84. The summed E-state index contributed by atoms with van der Waals surface area (Å²) in [6.45, 7) is 4.33. The fourth-order valence-corrected chi connectivity index (χ4v) is 4.48. The van der Waals surface area contributed by atoms with Gasteiger partial charge in [0.15, 0.2) is 11.4 Å². The normalized spacial score (nSPS) is 23.4. The van der Waals surface area contributed by atoms with Crippen molar-refractivity contribution in [1.82, 2.24) is 4.57 Å². The number of Topliss-reactive ketones (excluding diaryl/α,β-unsaturated/α-hetero) is 1. The van der Waals surface area contributed by atoms with Gasteiger partial charge in [-0.05, 0) is 12.1 Å². The Labute approximate surface area is 155 Å². The van der Waals surface area contributed by atoms with Gasteiger partial charge in [0.1, 0.15) is 11.1 Å². The number of halogens is 1. The average molecular weight is 363 g/mol. The van der Waals surface area contributed by atoms with Crippen LogP contribution in [0.5, 0.6) is 0 Å². The molecule has 1 N–H and O–H groups in total. The molecule has 0 amide bonds. The maximum atomic E-state index is 13.2. The molecule has 1 aliphatic carbocycles. The third kappa shape index (κ3) is 1.68. The number of nitrogens with zero attached hydrogens (tertiary/aromatic N) is 2. The number of allylic oxidation sites excluding steroid dienone is 1. The fourth-order valence-electron chi connectivity index (χ4n) is 4.15. The predicted molar refractivity (Wildman–Crippen MR) is 103 cm³/mol. The number of hydrogen-bond acceptors (Lipinski definition) is 3. The van der Waals surface area contributed by atoms with Gasteiger partial charge in [0, 0.05) is 23.0 Å². The summed E-state index contributed by atoms with van der Waals surface area (Å²) in [6, 6.07) is 15.0. The zero-order chi connectivity index (χ0) is 18.1. The van der Waals surface area contributed by atoms with Gasteiger partial charge in [-0.1, -0.05) is 42.5 Å². The molecule has 0 saturated carbocycles. The van der Waals surface area contributed by atoms with Crippen molar-refractivity contribution in [3.05, 3.63) is 78.0 Å². The number of aromatic nitrogens is 1. The summed E-state index contributed by atoms with van der Waals surface area (Å²) < 4.78 is 1.98. The second-order valence-electron chi connectivity index (χ2n) is 6.61. The van der Waals surface area contributed by atoms with Gasteiger partial charge < -0.3 is 9.67 Å². The van der Waals surface area contributed by atoms with E-state index in [1.165, 1.54) is 0 Å². The van der Waals surface area contributed by atoms with Gasteiger partial charge in [-0.2, -0.15) is 0 Å². The largest absolute Gasteiger partial charge is 0.377 e. The third-order valence-electron chi connectivity index (χ3n) is 5.26. The van der Waals surface area contributed by atoms with Crippen molar-refractivity contribution in [3.63, 3.8) is 0 Å². The molecule has 2 aromatic carbocycles. The zero-order valence-corrected chi connectivity index (χ0v) is 14.6. The van der Waals surface area contributed by atoms with Crippen LogP contribution in [0.1, 0.15) is 21.6 Å². The van der Waals surface area contributed by atoms with Crippen molar-refractivity contribution in [2.24, 2.45) is 4.99 Å². The van der Waals surface area contributed by atoms with Crippen molar-refractivity contribution in [2.45, 2.75) is 17.5 Å². The quantitative estimate of drug-likeness (QED) is 0.554. The maximum absolute atomic E-state index is 13.2. The molecule has 1 aromatic heterocycles. The van der Waals surface area contributed by atoms with E-state index in [0.717, 1.165) is 10.9 Å². The van der Waals surface area contributed by atoms with Gasteiger partial charge in [0.25, 0.3) is 0 Å². The summed E-state index contributed by atoms with van der Waals surface area (Å²) in [7, 11) is 0. The Morgan fingerprint density at radius 1 is 1.23 bits per heavy atom. The molecule has 4 nitrogen and oxygen atoms in total. The molecule has 0 saturated heterocycles. The van der Waals surface area contributed by atoms with Crippen LogP contribution < -0.4 is 0 Å². The second-order valence-corrected chi connectivity index (χ2v) is 7.05. The summed E-state index contributed by atoms with van der Waals surface area (Å²) in [4.78, 5) is 17.9. The molecular formula is C21H15ClN2O2. The molecule has 0 radical (unpaired) electrons. The van der Waals surface area contributed by atoms with E-state index in [-0.39, 0.29) is 5.78 Å². The first-order valence-electron chi connectivity index (χ1n) is 8.41. The molecule has 0 bridgehead atoms. The van der Waals surface area contributed by atoms with Crippen molar-refractivity contribution < 1.29 is 9.90 Å². The Balaban J connectivity index is 1.94. The van der Waals surface area contributed by atoms with Crippen molar-refractivity contribution in [1.29, 1.82) is 0 Å². The molecule has 0 spiro atoms. The van der Waals surface area contributed by atoms with Gasteiger partial charge in [0.05, 0.1) is 16.9 Å². The summed E-state index contributed by atoms with van der Waals surface area (Å²) in [6.07, 6.45) is 1.77. The SMILES string of the molecule is C=CCn1c2c(c3ccccc31)C(=O)C(Cl)C1(O)C2=Nc2ccccc21. The smallest absolute Gasteiger partial charge is 0.187 e. The highest BCUT2D eigenvalue weighted by atomic mass is 35.5. The van der Waals surface area contributed by atoms with Crippen LogP contribution in [0.3, 0.4) is 0 Å². The number of ketones is 1. The van der Waals surface area contributed by atoms with E-state index in [0.29, 0.717) is 34.8 Å². The van der Waals surface area contributed by atoms with Gasteiger partial charge in [0.2, 0.25) is 0 Å². The minimum Gasteiger partial charge on any atom is -0.377 e. The van der Waals surface area contributed by atoms with Crippen LogP contribution in [0.15, 0.2) is 66.2 Å². The van der Waals surface area contributed by atoms with E-state index in [1.54, 1.807) is 12.1 Å². The Kier molecular flexibility index (Phi) is 3.09. The molecule has 1 aliphatic heterocycles. The van der Waals surface area contributed by atoms with Crippen LogP contribution >= 0.6 is 11.6 Å². The molecule has 128 valence electrons. The number of carbonyl (C=O) groups excluding carboxylic acids is 1. The lowest BCUT2D eigenvalue weighted by atomic mass is 9.77. The van der Waals surface area contributed by atoms with Crippen LogP contribution in [0, 0.1) is 0 Å². The molecule has 2 heterocycles. The number of carbonyl (C=O) groups is 1. The second kappa shape index (κ2) is 5.16. The van der Waals surface area contributed by atoms with E-state index < -0.39 is 11.0 Å². The van der Waals surface area contributed by atoms with E-state index in [4.69, 9.17) is 11.6 Å². The van der Waals surface area contributed by atoms with Crippen LogP contribution in [-0.2, 0) is 12.1 Å². The summed E-state index contributed by atoms with van der Waals surface area (Å²) in [5.41, 5.74) is 2.08. The molecule has 2 atom stereocenters. The lowest BCUT2D eigenvalue weighted by Gasteiger charge is -2.34. The maximum Gasteiger partial charge on any atom is 0.187 e. The van der Waals surface area contributed by atoms with Gasteiger partial charge >= 0.3 is 0 Å². The number of hydrogen-bond donors (Lipinski definition) is 1. The van der Waals surface area contributed by atoms with E-state index in [2.05, 4.69) is 11.6 Å².